The molecule has 0 aliphatic carbocycles. The Kier molecular flexibility index (Phi) is 6.19. The molecule has 2 aromatic rings. The molecule has 0 heterocycles. The molecule has 2 aromatic carbocycles. The molecule has 0 fully saturated rings. The number of para-hydroxylation sites is 2. The maximum Gasteiger partial charge on any atom is 0.338 e. The highest BCUT2D eigenvalue weighted by molar-refractivity contribution is 5.93. The molecule has 126 valence electrons. The summed E-state index contributed by atoms with van der Waals surface area (Å²) in [6.07, 6.45) is 0. The van der Waals surface area contributed by atoms with Gasteiger partial charge < -0.3 is 20.5 Å². The molecule has 6 nitrogen and oxygen atoms in total. The van der Waals surface area contributed by atoms with Gasteiger partial charge >= 0.3 is 5.97 Å². The van der Waals surface area contributed by atoms with Crippen molar-refractivity contribution in [1.29, 1.82) is 0 Å². The first kappa shape index (κ1) is 17.3. The highest BCUT2D eigenvalue weighted by Gasteiger charge is 2.06. The summed E-state index contributed by atoms with van der Waals surface area (Å²) in [6.45, 7) is 2.53. The van der Waals surface area contributed by atoms with E-state index in [0.717, 1.165) is 11.3 Å². The van der Waals surface area contributed by atoms with Crippen LogP contribution in [0.2, 0.25) is 0 Å². The van der Waals surface area contributed by atoms with Crippen LogP contribution in [0.15, 0.2) is 53.5 Å². The molecule has 3 N–H and O–H groups in total. The van der Waals surface area contributed by atoms with Crippen LogP contribution in [0.5, 0.6) is 5.75 Å². The highest BCUT2D eigenvalue weighted by atomic mass is 16.5. The number of benzene rings is 2. The summed E-state index contributed by atoms with van der Waals surface area (Å²) in [5.74, 6) is 0.647. The Morgan fingerprint density at radius 1 is 1.17 bits per heavy atom. The van der Waals surface area contributed by atoms with Crippen LogP contribution in [-0.4, -0.2) is 25.6 Å². The van der Waals surface area contributed by atoms with Gasteiger partial charge in [0.05, 0.1) is 31.5 Å². The van der Waals surface area contributed by atoms with Crippen LogP contribution >= 0.6 is 0 Å². The predicted octanol–water partition coefficient (Wildman–Crippen LogP) is 2.80. The first-order valence-electron chi connectivity index (χ1n) is 7.60. The SMILES string of the molecule is CCOC(=O)c1ccc(CN=C(N)Nc2ccccc2OC)cc1. The first-order valence-corrected chi connectivity index (χ1v) is 7.60. The van der Waals surface area contributed by atoms with E-state index >= 15 is 0 Å². The normalized spacial score (nSPS) is 11.0. The zero-order valence-electron chi connectivity index (χ0n) is 13.8. The van der Waals surface area contributed by atoms with Crippen LogP contribution < -0.4 is 15.8 Å². The van der Waals surface area contributed by atoms with Crippen LogP contribution in [0.25, 0.3) is 0 Å². The number of nitrogens with zero attached hydrogens (tertiary/aromatic N) is 1. The third kappa shape index (κ3) is 4.74. The van der Waals surface area contributed by atoms with Crippen molar-refractivity contribution in [3.63, 3.8) is 0 Å². The quantitative estimate of drug-likeness (QED) is 0.484. The minimum atomic E-state index is -0.329. The number of methoxy groups -OCH3 is 1. The highest BCUT2D eigenvalue weighted by Crippen LogP contribution is 2.22. The molecule has 0 amide bonds. The fourth-order valence-corrected chi connectivity index (χ4v) is 2.06. The standard InChI is InChI=1S/C18H21N3O3/c1-3-24-17(22)14-10-8-13(9-11-14)12-20-18(19)21-15-6-4-5-7-16(15)23-2/h4-11H,3,12H2,1-2H3,(H3,19,20,21). The van der Waals surface area contributed by atoms with E-state index in [2.05, 4.69) is 10.3 Å². The van der Waals surface area contributed by atoms with Crippen LogP contribution in [-0.2, 0) is 11.3 Å². The van der Waals surface area contributed by atoms with Gasteiger partial charge in [0.25, 0.3) is 0 Å². The molecule has 24 heavy (non-hydrogen) atoms. The molecule has 0 aromatic heterocycles. The van der Waals surface area contributed by atoms with E-state index in [9.17, 15) is 4.79 Å². The summed E-state index contributed by atoms with van der Waals surface area (Å²) in [5, 5.41) is 3.01. The molecule has 0 atom stereocenters. The summed E-state index contributed by atoms with van der Waals surface area (Å²) in [7, 11) is 1.60. The number of hydrogen-bond acceptors (Lipinski definition) is 4. The fourth-order valence-electron chi connectivity index (χ4n) is 2.06. The van der Waals surface area contributed by atoms with E-state index < -0.39 is 0 Å². The lowest BCUT2D eigenvalue weighted by atomic mass is 10.1. The number of ether oxygens (including phenoxy) is 2. The van der Waals surface area contributed by atoms with Crippen molar-refractivity contribution in [3.8, 4) is 5.75 Å². The largest absolute Gasteiger partial charge is 0.495 e. The molecule has 6 heteroatoms. The van der Waals surface area contributed by atoms with Crippen molar-refractivity contribution in [2.75, 3.05) is 19.0 Å². The van der Waals surface area contributed by atoms with Gasteiger partial charge in [0.1, 0.15) is 5.75 Å². The smallest absolute Gasteiger partial charge is 0.338 e. The molecule has 0 unspecified atom stereocenters. The van der Waals surface area contributed by atoms with Crippen molar-refractivity contribution >= 4 is 17.6 Å². The number of carbonyl (C=O) groups is 1. The summed E-state index contributed by atoms with van der Waals surface area (Å²) >= 11 is 0. The van der Waals surface area contributed by atoms with E-state index in [1.807, 2.05) is 36.4 Å². The van der Waals surface area contributed by atoms with Gasteiger partial charge in [0.15, 0.2) is 5.96 Å². The number of nitrogens with two attached hydrogens (primary N) is 1. The lowest BCUT2D eigenvalue weighted by molar-refractivity contribution is 0.0526. The summed E-state index contributed by atoms with van der Waals surface area (Å²) in [6, 6.07) is 14.5. The van der Waals surface area contributed by atoms with Crippen LogP contribution in [0.4, 0.5) is 5.69 Å². The lowest BCUT2D eigenvalue weighted by Crippen LogP contribution is -2.22. The van der Waals surface area contributed by atoms with Crippen molar-refractivity contribution in [2.45, 2.75) is 13.5 Å². The second-order valence-corrected chi connectivity index (χ2v) is 4.94. The van der Waals surface area contributed by atoms with E-state index in [1.54, 1.807) is 26.2 Å². The Hall–Kier alpha value is -3.02. The number of esters is 1. The number of nitrogens with one attached hydrogen (secondary N) is 1. The van der Waals surface area contributed by atoms with E-state index in [-0.39, 0.29) is 11.9 Å². The number of guanidine groups is 1. The number of aliphatic imine (C=N–C) groups is 1. The zero-order valence-corrected chi connectivity index (χ0v) is 13.8. The lowest BCUT2D eigenvalue weighted by Gasteiger charge is -2.10. The van der Waals surface area contributed by atoms with E-state index in [4.69, 9.17) is 15.2 Å². The van der Waals surface area contributed by atoms with E-state index in [1.165, 1.54) is 0 Å². The minimum absolute atomic E-state index is 0.286. The molecule has 0 radical (unpaired) electrons. The second kappa shape index (κ2) is 8.57. The molecule has 0 bridgehead atoms. The van der Waals surface area contributed by atoms with Crippen LogP contribution in [0, 0.1) is 0 Å². The average Bonchev–Trinajstić information content (AvgIpc) is 2.61. The molecular formula is C18H21N3O3. The first-order chi connectivity index (χ1) is 11.6. The van der Waals surface area contributed by atoms with Gasteiger partial charge in [0, 0.05) is 0 Å². The van der Waals surface area contributed by atoms with Crippen LogP contribution in [0.3, 0.4) is 0 Å². The zero-order chi connectivity index (χ0) is 17.4. The molecular weight excluding hydrogens is 306 g/mol. The maximum atomic E-state index is 11.6. The summed E-state index contributed by atoms with van der Waals surface area (Å²) in [4.78, 5) is 15.9. The Morgan fingerprint density at radius 3 is 2.54 bits per heavy atom. The van der Waals surface area contributed by atoms with Crippen molar-refractivity contribution in [1.82, 2.24) is 0 Å². The molecule has 0 aliphatic heterocycles. The average molecular weight is 327 g/mol. The van der Waals surface area contributed by atoms with Crippen molar-refractivity contribution in [2.24, 2.45) is 10.7 Å². The fraction of sp³-hybridized carbons (Fsp3) is 0.222. The molecule has 0 saturated carbocycles. The Bertz CT molecular complexity index is 712. The second-order valence-electron chi connectivity index (χ2n) is 4.94. The molecule has 2 rings (SSSR count). The maximum absolute atomic E-state index is 11.6. The van der Waals surface area contributed by atoms with E-state index in [0.29, 0.717) is 24.5 Å². The summed E-state index contributed by atoms with van der Waals surface area (Å²) in [5.41, 5.74) is 8.11. The Morgan fingerprint density at radius 2 is 1.88 bits per heavy atom. The third-order valence-electron chi connectivity index (χ3n) is 3.27. The molecule has 0 saturated heterocycles. The van der Waals surface area contributed by atoms with Gasteiger partial charge in [-0.3, -0.25) is 0 Å². The number of rotatable bonds is 6. The number of hydrogen-bond donors (Lipinski definition) is 2. The van der Waals surface area contributed by atoms with Crippen molar-refractivity contribution in [3.05, 3.63) is 59.7 Å². The van der Waals surface area contributed by atoms with Gasteiger partial charge in [-0.25, -0.2) is 9.79 Å². The van der Waals surface area contributed by atoms with Gasteiger partial charge in [-0.05, 0) is 36.8 Å². The van der Waals surface area contributed by atoms with Gasteiger partial charge in [-0.2, -0.15) is 0 Å². The minimum Gasteiger partial charge on any atom is -0.495 e. The Labute approximate surface area is 141 Å². The van der Waals surface area contributed by atoms with Crippen LogP contribution in [0.1, 0.15) is 22.8 Å². The topological polar surface area (TPSA) is 85.9 Å². The van der Waals surface area contributed by atoms with Gasteiger partial charge in [0.2, 0.25) is 0 Å². The van der Waals surface area contributed by atoms with Gasteiger partial charge in [-0.15, -0.1) is 0 Å². The number of anilines is 1. The molecule has 0 spiro atoms. The van der Waals surface area contributed by atoms with Gasteiger partial charge in [-0.1, -0.05) is 24.3 Å². The monoisotopic (exact) mass is 327 g/mol. The molecule has 0 aliphatic rings. The number of carbonyl (C=O) groups excluding carboxylic acids is 1. The van der Waals surface area contributed by atoms with Crippen molar-refractivity contribution < 1.29 is 14.3 Å². The summed E-state index contributed by atoms with van der Waals surface area (Å²) < 4.78 is 10.2. The third-order valence-corrected chi connectivity index (χ3v) is 3.27. The Balaban J connectivity index is 1.98. The predicted molar refractivity (Wildman–Crippen MR) is 94.3 cm³/mol.